The number of H-pyrrole nitrogens is 2. The molecule has 16 heteroatoms. The topological polar surface area (TPSA) is 286 Å². The van der Waals surface area contributed by atoms with E-state index in [2.05, 4.69) is 9.97 Å². The maximum Gasteiger partial charge on any atom is 0.320 e. The summed E-state index contributed by atoms with van der Waals surface area (Å²) >= 11 is 1.17. The largest absolute Gasteiger partial charge is 0.480 e. The maximum absolute atomic E-state index is 13.8. The minimum Gasteiger partial charge on any atom is -0.480 e. The zero-order valence-corrected chi connectivity index (χ0v) is 24.6. The van der Waals surface area contributed by atoms with E-state index in [-0.39, 0.29) is 49.9 Å². The summed E-state index contributed by atoms with van der Waals surface area (Å²) in [5.41, 5.74) is 18.0. The molecule has 46 heavy (non-hydrogen) atoms. The van der Waals surface area contributed by atoms with E-state index in [0.29, 0.717) is 9.40 Å². The zero-order valence-electron chi connectivity index (χ0n) is 23.7. The van der Waals surface area contributed by atoms with Crippen molar-refractivity contribution in [2.45, 2.75) is 37.4 Å². The van der Waals surface area contributed by atoms with E-state index in [0.717, 1.165) is 0 Å². The fourth-order valence-electron chi connectivity index (χ4n) is 4.95. The van der Waals surface area contributed by atoms with Gasteiger partial charge in [-0.2, -0.15) is 0 Å². The van der Waals surface area contributed by atoms with Crippen molar-refractivity contribution >= 4 is 89.2 Å². The van der Waals surface area contributed by atoms with Gasteiger partial charge in [0.2, 0.25) is 0 Å². The lowest BCUT2D eigenvalue weighted by Gasteiger charge is -2.15. The Kier molecular flexibility index (Phi) is 8.71. The van der Waals surface area contributed by atoms with Gasteiger partial charge in [-0.1, -0.05) is 12.1 Å². The molecule has 3 unspecified atom stereocenters. The lowest BCUT2D eigenvalue weighted by molar-refractivity contribution is -0.139. The Morgan fingerprint density at radius 3 is 1.70 bits per heavy atom. The number of nitrogens with two attached hydrogens (primary N) is 3. The molecule has 15 nitrogen and oxygen atoms in total. The number of carbonyl (C=O) groups is 6. The second-order valence-electron chi connectivity index (χ2n) is 10.5. The summed E-state index contributed by atoms with van der Waals surface area (Å²) in [5.74, 6) is -6.04. The molecular weight excluding hydrogens is 622 g/mol. The molecule has 0 aliphatic carbocycles. The first kappa shape index (κ1) is 32.0. The number of benzene rings is 3. The Bertz CT molecular complexity index is 2020. The number of fused-ring (bicyclic) bond motifs is 4. The van der Waals surface area contributed by atoms with Crippen LogP contribution in [0.2, 0.25) is 0 Å². The van der Waals surface area contributed by atoms with Crippen LogP contribution in [-0.2, 0) is 14.4 Å². The first-order valence-corrected chi connectivity index (χ1v) is 14.5. The number of nitrogens with one attached hydrogen (secondary N) is 2. The van der Waals surface area contributed by atoms with Crippen molar-refractivity contribution in [1.82, 2.24) is 9.97 Å². The number of aliphatic carboxylic acids is 3. The van der Waals surface area contributed by atoms with E-state index >= 15 is 0 Å². The Morgan fingerprint density at radius 1 is 0.630 bits per heavy atom. The van der Waals surface area contributed by atoms with Gasteiger partial charge in [-0.3, -0.25) is 28.8 Å². The van der Waals surface area contributed by atoms with Crippen LogP contribution in [-0.4, -0.2) is 78.7 Å². The molecule has 0 saturated carbocycles. The van der Waals surface area contributed by atoms with Gasteiger partial charge in [-0.25, -0.2) is 0 Å². The molecule has 0 spiro atoms. The summed E-state index contributed by atoms with van der Waals surface area (Å²) in [7, 11) is 0. The summed E-state index contributed by atoms with van der Waals surface area (Å²) in [4.78, 5) is 80.3. The summed E-state index contributed by atoms with van der Waals surface area (Å²) in [6.07, 6.45) is -1.65. The van der Waals surface area contributed by atoms with Gasteiger partial charge in [0.05, 0.1) is 37.0 Å². The van der Waals surface area contributed by atoms with Crippen molar-refractivity contribution < 1.29 is 48.5 Å². The number of aromatic amines is 2. The van der Waals surface area contributed by atoms with Crippen LogP contribution in [0.3, 0.4) is 0 Å². The van der Waals surface area contributed by atoms with Crippen molar-refractivity contribution in [1.29, 1.82) is 0 Å². The van der Waals surface area contributed by atoms with E-state index in [1.54, 1.807) is 24.3 Å². The molecule has 5 rings (SSSR count). The number of Topliss-reactive ketones (excluding diaryl/α,β-unsaturated/α-hetero) is 3. The summed E-state index contributed by atoms with van der Waals surface area (Å²) in [5, 5.41) is 27.8. The number of carbonyl (C=O) groups excluding carboxylic acids is 3. The molecular formula is C30H27N5O10S. The molecule has 3 aromatic carbocycles. The fourth-order valence-corrected chi connectivity index (χ4v) is 6.02. The molecule has 0 radical (unpaired) electrons. The number of carboxylic acids is 3. The molecule has 0 bridgehead atoms. The van der Waals surface area contributed by atoms with Crippen molar-refractivity contribution in [3.05, 3.63) is 59.2 Å². The van der Waals surface area contributed by atoms with Crippen molar-refractivity contribution in [2.24, 2.45) is 17.2 Å². The molecule has 11 N–H and O–H groups in total. The molecule has 2 aromatic heterocycles. The van der Waals surface area contributed by atoms with Crippen LogP contribution in [0.5, 0.6) is 0 Å². The quantitative estimate of drug-likeness (QED) is 0.0713. The number of para-hydroxylation sites is 2. The predicted molar refractivity (Wildman–Crippen MR) is 167 cm³/mol. The minimum absolute atomic E-state index is 0.0357. The molecule has 5 aromatic rings. The van der Waals surface area contributed by atoms with Crippen LogP contribution >= 0.6 is 11.3 Å². The second kappa shape index (κ2) is 12.5. The number of ketones is 3. The summed E-state index contributed by atoms with van der Waals surface area (Å²) < 4.78 is 7.15. The highest BCUT2D eigenvalue weighted by atomic mass is 32.1. The molecule has 0 aliphatic rings. The third-order valence-corrected chi connectivity index (χ3v) is 8.40. The van der Waals surface area contributed by atoms with Crippen molar-refractivity contribution in [3.63, 3.8) is 0 Å². The second-order valence-corrected chi connectivity index (χ2v) is 11.6. The SMILES string of the molecule is NC(CC(=O)c1cccc2oc3cc4sc5cccc(C(=O)CC(N)C(=O)O)c5[nH]c4c(C(=O)CC(N)C(=O)O)c3[nH]c12)C(=O)O. The van der Waals surface area contributed by atoms with Gasteiger partial charge in [0.1, 0.15) is 18.1 Å². The number of carboxylic acid groups (broad SMARTS) is 3. The third-order valence-electron chi connectivity index (χ3n) is 7.29. The molecule has 0 amide bonds. The van der Waals surface area contributed by atoms with Crippen LogP contribution in [0.15, 0.2) is 46.9 Å². The average Bonchev–Trinajstić information content (AvgIpc) is 3.00. The number of rotatable bonds is 12. The zero-order chi connectivity index (χ0) is 33.4. The highest BCUT2D eigenvalue weighted by Gasteiger charge is 2.26. The highest BCUT2D eigenvalue weighted by molar-refractivity contribution is 7.24. The van der Waals surface area contributed by atoms with Gasteiger partial charge in [0.15, 0.2) is 28.5 Å². The van der Waals surface area contributed by atoms with Crippen LogP contribution in [0.1, 0.15) is 50.3 Å². The van der Waals surface area contributed by atoms with Crippen LogP contribution in [0.25, 0.3) is 42.6 Å². The van der Waals surface area contributed by atoms with Crippen molar-refractivity contribution in [2.75, 3.05) is 0 Å². The van der Waals surface area contributed by atoms with E-state index in [1.807, 2.05) is 0 Å². The molecule has 0 saturated heterocycles. The van der Waals surface area contributed by atoms with Crippen LogP contribution < -0.4 is 17.2 Å². The van der Waals surface area contributed by atoms with E-state index in [4.69, 9.17) is 21.6 Å². The molecule has 238 valence electrons. The maximum atomic E-state index is 13.8. The Labute approximate surface area is 261 Å². The minimum atomic E-state index is -1.57. The third kappa shape index (κ3) is 6.09. The Balaban J connectivity index is 1.81. The number of hydrogen-bond donors (Lipinski definition) is 8. The fraction of sp³-hybridized carbons (Fsp3) is 0.200. The normalized spacial score (nSPS) is 13.5. The van der Waals surface area contributed by atoms with E-state index in [9.17, 15) is 44.1 Å². The Hall–Kier alpha value is -5.42. The molecule has 0 aliphatic heterocycles. The average molecular weight is 650 g/mol. The lowest BCUT2D eigenvalue weighted by atomic mass is 10.00. The van der Waals surface area contributed by atoms with Gasteiger partial charge >= 0.3 is 17.9 Å². The number of aromatic nitrogens is 2. The smallest absolute Gasteiger partial charge is 0.320 e. The molecule has 2 heterocycles. The first-order chi connectivity index (χ1) is 21.8. The lowest BCUT2D eigenvalue weighted by Crippen LogP contribution is -2.32. The Morgan fingerprint density at radius 2 is 1.13 bits per heavy atom. The van der Waals surface area contributed by atoms with Gasteiger partial charge in [0.25, 0.3) is 0 Å². The monoisotopic (exact) mass is 649 g/mol. The van der Waals surface area contributed by atoms with Gasteiger partial charge in [-0.05, 0) is 24.3 Å². The van der Waals surface area contributed by atoms with E-state index in [1.165, 1.54) is 29.5 Å². The van der Waals surface area contributed by atoms with Gasteiger partial charge in [0, 0.05) is 36.5 Å². The molecule has 3 atom stereocenters. The highest BCUT2D eigenvalue weighted by Crippen LogP contribution is 2.36. The van der Waals surface area contributed by atoms with Gasteiger partial charge < -0.3 is 46.9 Å². The van der Waals surface area contributed by atoms with Crippen LogP contribution in [0.4, 0.5) is 0 Å². The predicted octanol–water partition coefficient (Wildman–Crippen LogP) is 2.69. The van der Waals surface area contributed by atoms with Crippen LogP contribution in [0, 0.1) is 0 Å². The number of hydrogen-bond acceptors (Lipinski definition) is 11. The molecule has 0 fully saturated rings. The first-order valence-electron chi connectivity index (χ1n) is 13.7. The van der Waals surface area contributed by atoms with Crippen molar-refractivity contribution in [3.8, 4) is 0 Å². The standard InChI is InChI=1S/C30H27N5O10S/c31-13(28(39)40)7-16(36)11-3-1-5-19-24(11)34-26-20(45-19)10-22-27(23(26)18(38)9-15(33)30(43)44)35-25-12(4-2-6-21(25)46-22)17(37)8-14(32)29(41)42/h1-6,10,13-15,34-35H,7-9,31-33H2,(H,39,40)(H,41,42)(H,43,44). The summed E-state index contributed by atoms with van der Waals surface area (Å²) in [6.45, 7) is 0. The van der Waals surface area contributed by atoms with E-state index < -0.39 is 72.6 Å². The van der Waals surface area contributed by atoms with Gasteiger partial charge in [-0.15, -0.1) is 11.3 Å². The summed E-state index contributed by atoms with van der Waals surface area (Å²) in [6, 6.07) is 6.44.